The van der Waals surface area contributed by atoms with Crippen molar-refractivity contribution < 1.29 is 14.3 Å². The lowest BCUT2D eigenvalue weighted by Crippen LogP contribution is -2.26. The number of thioether (sulfide) groups is 1. The second-order valence-electron chi connectivity index (χ2n) is 10.0. The van der Waals surface area contributed by atoms with Crippen LogP contribution in [0.15, 0.2) is 11.0 Å². The zero-order chi connectivity index (χ0) is 25.2. The Balaban J connectivity index is 0.00000158. The van der Waals surface area contributed by atoms with Gasteiger partial charge in [0.05, 0.1) is 11.6 Å². The number of nitrogens with zero attached hydrogens (tertiary/aromatic N) is 2. The summed E-state index contributed by atoms with van der Waals surface area (Å²) >= 11 is 1.89. The molecular weight excluding hydrogens is 452 g/mol. The topological polar surface area (TPSA) is 95.3 Å². The molecule has 1 aromatic heterocycles. The third-order valence-corrected chi connectivity index (χ3v) is 8.38. The number of ketones is 1. The molecule has 34 heavy (non-hydrogen) atoms. The zero-order valence-corrected chi connectivity index (χ0v) is 21.8. The molecule has 1 aromatic carbocycles. The van der Waals surface area contributed by atoms with E-state index in [1.807, 2.05) is 24.8 Å². The number of esters is 1. The number of carbonyl (C=O) groups excluding carboxylic acids is 2. The largest absolute Gasteiger partial charge is 0.407 e. The van der Waals surface area contributed by atoms with Gasteiger partial charge in [0.15, 0.2) is 0 Å². The van der Waals surface area contributed by atoms with Crippen LogP contribution in [-0.2, 0) is 17.3 Å². The molecule has 1 saturated carbocycles. The molecule has 7 nitrogen and oxygen atoms in total. The minimum atomic E-state index is -0.238. The highest BCUT2D eigenvalue weighted by molar-refractivity contribution is 7.99. The quantitative estimate of drug-likeness (QED) is 0.392. The smallest absolute Gasteiger partial charge is 0.315 e. The zero-order valence-electron chi connectivity index (χ0n) is 20.9. The van der Waals surface area contributed by atoms with Crippen molar-refractivity contribution in [1.82, 2.24) is 9.78 Å². The van der Waals surface area contributed by atoms with Gasteiger partial charge in [0.25, 0.3) is 0 Å². The van der Waals surface area contributed by atoms with Gasteiger partial charge in [-0.05, 0) is 74.0 Å². The minimum Gasteiger partial charge on any atom is -0.407 e. The summed E-state index contributed by atoms with van der Waals surface area (Å²) in [6.07, 6.45) is 6.07. The highest BCUT2D eigenvalue weighted by atomic mass is 32.2. The molecule has 0 radical (unpaired) electrons. The molecule has 1 aliphatic heterocycles. The van der Waals surface area contributed by atoms with E-state index in [0.29, 0.717) is 16.8 Å². The highest BCUT2D eigenvalue weighted by Crippen LogP contribution is 2.46. The molecule has 0 N–H and O–H groups in total. The summed E-state index contributed by atoms with van der Waals surface area (Å²) in [6, 6.07) is 2.00. The predicted molar refractivity (Wildman–Crippen MR) is 135 cm³/mol. The fraction of sp³-hybridized carbons (Fsp3) is 0.577. The summed E-state index contributed by atoms with van der Waals surface area (Å²) < 4.78 is 7.37. The van der Waals surface area contributed by atoms with Crippen LogP contribution in [0.5, 0.6) is 5.88 Å². The molecule has 2 heterocycles. The molecule has 0 unspecified atom stereocenters. The number of carbonyl (C=O) groups is 2. The first-order valence-electron chi connectivity index (χ1n) is 11.9. The van der Waals surface area contributed by atoms with E-state index in [2.05, 4.69) is 32.8 Å². The molecule has 0 bridgehead atoms. The molecule has 0 amide bonds. The molecule has 1 aliphatic carbocycles. The van der Waals surface area contributed by atoms with Crippen molar-refractivity contribution in [3.8, 4) is 5.88 Å². The maximum Gasteiger partial charge on any atom is 0.315 e. The molecule has 4 rings (SSSR count). The maximum absolute atomic E-state index is 13.9. The number of hydrogen-bond acceptors (Lipinski definition) is 7. The van der Waals surface area contributed by atoms with Gasteiger partial charge in [0, 0.05) is 27.4 Å². The summed E-state index contributed by atoms with van der Waals surface area (Å²) in [5, 5.41) is 4.44. The van der Waals surface area contributed by atoms with Crippen LogP contribution in [0.3, 0.4) is 0 Å². The number of ether oxygens (including phenoxy) is 1. The van der Waals surface area contributed by atoms with Crippen LogP contribution in [0.2, 0.25) is 0 Å². The molecule has 0 atom stereocenters. The molecule has 0 saturated heterocycles. The number of rotatable bonds is 4. The number of benzene rings is 1. The normalized spacial score (nSPS) is 17.4. The lowest BCUT2D eigenvalue weighted by Gasteiger charge is -2.35. The average Bonchev–Trinajstić information content (AvgIpc) is 3.09. The Morgan fingerprint density at radius 3 is 2.41 bits per heavy atom. The van der Waals surface area contributed by atoms with Crippen LogP contribution in [0.1, 0.15) is 90.7 Å². The van der Waals surface area contributed by atoms with Crippen LogP contribution in [0, 0.1) is 36.6 Å². The van der Waals surface area contributed by atoms with E-state index in [1.165, 1.54) is 21.6 Å². The minimum absolute atomic E-state index is 0.0198. The Morgan fingerprint density at radius 1 is 1.12 bits per heavy atom. The first-order valence-corrected chi connectivity index (χ1v) is 12.8. The molecule has 8 heteroatoms. The summed E-state index contributed by atoms with van der Waals surface area (Å²) in [7, 11) is 1.73. The number of aromatic nitrogens is 2. The van der Waals surface area contributed by atoms with Crippen molar-refractivity contribution in [2.24, 2.45) is 13.0 Å². The summed E-state index contributed by atoms with van der Waals surface area (Å²) in [4.78, 5) is 42.0. The molecule has 2 aromatic rings. The number of aryl methyl sites for hydroxylation is 3. The summed E-state index contributed by atoms with van der Waals surface area (Å²) in [5.74, 6) is 0.921. The van der Waals surface area contributed by atoms with Gasteiger partial charge in [0.2, 0.25) is 11.7 Å². The third kappa shape index (κ3) is 4.83. The van der Waals surface area contributed by atoms with Crippen LogP contribution in [-0.4, -0.2) is 27.3 Å². The summed E-state index contributed by atoms with van der Waals surface area (Å²) in [6.45, 7) is 10.5. The first kappa shape index (κ1) is 26.1. The third-order valence-electron chi connectivity index (χ3n) is 7.15. The van der Waals surface area contributed by atoms with Crippen molar-refractivity contribution in [2.75, 3.05) is 5.75 Å². The molecule has 0 spiro atoms. The van der Waals surface area contributed by atoms with Crippen LogP contribution in [0.4, 0.5) is 0 Å². The van der Waals surface area contributed by atoms with E-state index in [-0.39, 0.29) is 29.0 Å². The Morgan fingerprint density at radius 2 is 1.76 bits per heavy atom. The highest BCUT2D eigenvalue weighted by Gasteiger charge is 2.35. The van der Waals surface area contributed by atoms with Crippen LogP contribution in [0.25, 0.3) is 0 Å². The molecule has 1 fully saturated rings. The van der Waals surface area contributed by atoms with Gasteiger partial charge in [-0.2, -0.15) is 5.10 Å². The van der Waals surface area contributed by atoms with Crippen molar-refractivity contribution >= 4 is 23.5 Å². The number of fused-ring (bicyclic) bond motifs is 1. The standard InChI is InChI=1S/C26H34N2O3S.O2/c1-15-14-19(16(2)21-23(15)32-13-12-26(21,4)5)22(29)20-17(3)27-28(6)24(20)31-25(30)18-10-8-7-9-11-18;1-2/h14,18H,7-13H2,1-6H3;. The maximum atomic E-state index is 13.9. The van der Waals surface area contributed by atoms with E-state index in [4.69, 9.17) is 14.7 Å². The van der Waals surface area contributed by atoms with Gasteiger partial charge < -0.3 is 4.74 Å². The van der Waals surface area contributed by atoms with Gasteiger partial charge in [-0.1, -0.05) is 33.1 Å². The Hall–Kier alpha value is -2.48. The Kier molecular flexibility index (Phi) is 8.01. The van der Waals surface area contributed by atoms with Crippen molar-refractivity contribution in [3.05, 3.63) is 49.5 Å². The lowest BCUT2D eigenvalue weighted by molar-refractivity contribution is -0.140. The van der Waals surface area contributed by atoms with E-state index in [1.54, 1.807) is 7.05 Å². The second kappa shape index (κ2) is 10.4. The van der Waals surface area contributed by atoms with Crippen molar-refractivity contribution in [3.63, 3.8) is 0 Å². The fourth-order valence-electron chi connectivity index (χ4n) is 5.33. The summed E-state index contributed by atoms with van der Waals surface area (Å²) in [5.41, 5.74) is 5.14. The van der Waals surface area contributed by atoms with Crippen LogP contribution < -0.4 is 4.74 Å². The molecule has 184 valence electrons. The van der Waals surface area contributed by atoms with Gasteiger partial charge in [-0.15, -0.1) is 11.8 Å². The van der Waals surface area contributed by atoms with Gasteiger partial charge in [-0.25, -0.2) is 4.68 Å². The van der Waals surface area contributed by atoms with E-state index in [9.17, 15) is 9.59 Å². The molecule has 2 aliphatic rings. The predicted octanol–water partition coefficient (Wildman–Crippen LogP) is 5.90. The van der Waals surface area contributed by atoms with Gasteiger partial charge in [-0.3, -0.25) is 9.59 Å². The Bertz CT molecular complexity index is 1100. The Labute approximate surface area is 205 Å². The van der Waals surface area contributed by atoms with Crippen molar-refractivity contribution in [1.29, 1.82) is 0 Å². The SMILES string of the molecule is Cc1cc(C(=O)c2c(C)nn(C)c2OC(=O)C2CCCCC2)c(C)c2c1SCCC2(C)C.O=O. The lowest BCUT2D eigenvalue weighted by atomic mass is 9.76. The van der Waals surface area contributed by atoms with E-state index >= 15 is 0 Å². The second-order valence-corrected chi connectivity index (χ2v) is 11.1. The van der Waals surface area contributed by atoms with Gasteiger partial charge in [0.1, 0.15) is 5.56 Å². The number of hydrogen-bond donors (Lipinski definition) is 0. The first-order chi connectivity index (χ1) is 16.1. The van der Waals surface area contributed by atoms with E-state index in [0.717, 1.165) is 49.0 Å². The van der Waals surface area contributed by atoms with Crippen LogP contribution >= 0.6 is 11.8 Å². The monoisotopic (exact) mass is 486 g/mol. The van der Waals surface area contributed by atoms with Crippen molar-refractivity contribution in [2.45, 2.75) is 83.5 Å². The average molecular weight is 487 g/mol. The van der Waals surface area contributed by atoms with E-state index < -0.39 is 0 Å². The van der Waals surface area contributed by atoms with Gasteiger partial charge >= 0.3 is 5.97 Å². The molecular formula is C26H34N2O5S. The fourth-order valence-corrected chi connectivity index (χ4v) is 7.01.